The molecule has 4 aromatic rings. The number of aliphatic hydroxyl groups is 1. The zero-order chi connectivity index (χ0) is 28.5. The van der Waals surface area contributed by atoms with E-state index in [9.17, 15) is 10.1 Å². The third-order valence-corrected chi connectivity index (χ3v) is 5.94. The highest BCUT2D eigenvalue weighted by molar-refractivity contribution is 5.95. The van der Waals surface area contributed by atoms with Crippen molar-refractivity contribution in [3.8, 4) is 28.7 Å². The summed E-state index contributed by atoms with van der Waals surface area (Å²) < 4.78 is 13.0. The smallest absolute Gasteiger partial charge is 0.253 e. The molecule has 2 aromatic heterocycles. The van der Waals surface area contributed by atoms with Gasteiger partial charge in [-0.2, -0.15) is 5.26 Å². The summed E-state index contributed by atoms with van der Waals surface area (Å²) in [5, 5.41) is 32.8. The van der Waals surface area contributed by atoms with Crippen molar-refractivity contribution in [3.05, 3.63) is 66.2 Å². The normalized spacial score (nSPS) is 11.4. The van der Waals surface area contributed by atoms with Gasteiger partial charge in [0, 0.05) is 43.7 Å². The number of nitrogens with one attached hydrogen (secondary N) is 1. The third-order valence-electron chi connectivity index (χ3n) is 5.94. The fourth-order valence-electron chi connectivity index (χ4n) is 3.90. The fourth-order valence-corrected chi connectivity index (χ4v) is 3.90. The van der Waals surface area contributed by atoms with Crippen molar-refractivity contribution in [3.63, 3.8) is 0 Å². The summed E-state index contributed by atoms with van der Waals surface area (Å²) >= 11 is 0. The van der Waals surface area contributed by atoms with Crippen LogP contribution in [-0.4, -0.2) is 79.5 Å². The standard InChI is InChI=1S/C27H29N9O4/c1-18(16-36-17-31-33-34-36)40-25-12-19(5-6-21(25)13-28)22-14-29-27(30-15-22)32-23-11-20(7-8-24(23)39-3)26(38)35(2)9-4-10-37/h5-8,11-12,14-15,17-18,37H,4,9-10,16H2,1-3H3,(H,29,30,32)/t18-/m0/s1. The summed E-state index contributed by atoms with van der Waals surface area (Å²) in [5.74, 6) is 1.08. The fraction of sp³-hybridized carbons (Fsp3) is 0.296. The topological polar surface area (TPSA) is 164 Å². The van der Waals surface area contributed by atoms with E-state index in [1.54, 1.807) is 65.4 Å². The maximum atomic E-state index is 12.8. The van der Waals surface area contributed by atoms with Gasteiger partial charge in [0.25, 0.3) is 5.91 Å². The molecule has 0 radical (unpaired) electrons. The first-order chi connectivity index (χ1) is 19.4. The van der Waals surface area contributed by atoms with Crippen LogP contribution in [0.4, 0.5) is 11.6 Å². The molecule has 0 aliphatic rings. The molecule has 1 amide bonds. The lowest BCUT2D eigenvalue weighted by Crippen LogP contribution is -2.28. The number of benzene rings is 2. The molecule has 1 atom stereocenters. The number of hydrogen-bond acceptors (Lipinski definition) is 11. The van der Waals surface area contributed by atoms with E-state index in [4.69, 9.17) is 14.6 Å². The number of tetrazole rings is 1. The van der Waals surface area contributed by atoms with Gasteiger partial charge in [-0.15, -0.1) is 5.10 Å². The number of nitrogens with zero attached hydrogens (tertiary/aromatic N) is 8. The van der Waals surface area contributed by atoms with Crippen molar-refractivity contribution < 1.29 is 19.4 Å². The van der Waals surface area contributed by atoms with Crippen molar-refractivity contribution in [2.45, 2.75) is 26.0 Å². The molecule has 0 fully saturated rings. The number of hydrogen-bond donors (Lipinski definition) is 2. The quantitative estimate of drug-likeness (QED) is 0.270. The van der Waals surface area contributed by atoms with Crippen LogP contribution in [0.15, 0.2) is 55.1 Å². The SMILES string of the molecule is COc1ccc(C(=O)N(C)CCCO)cc1Nc1ncc(-c2ccc(C#N)c(O[C@@H](C)Cn3cnnn3)c2)cn1. The zero-order valence-electron chi connectivity index (χ0n) is 22.4. The maximum Gasteiger partial charge on any atom is 0.253 e. The van der Waals surface area contributed by atoms with Crippen molar-refractivity contribution in [1.29, 1.82) is 5.26 Å². The van der Waals surface area contributed by atoms with Gasteiger partial charge in [0.15, 0.2) is 0 Å². The van der Waals surface area contributed by atoms with Gasteiger partial charge < -0.3 is 24.8 Å². The Hall–Kier alpha value is -5.09. The van der Waals surface area contributed by atoms with Gasteiger partial charge in [-0.05, 0) is 59.7 Å². The summed E-state index contributed by atoms with van der Waals surface area (Å²) in [7, 11) is 3.22. The molecule has 2 aromatic carbocycles. The molecule has 0 aliphatic heterocycles. The van der Waals surface area contributed by atoms with Crippen LogP contribution in [0.3, 0.4) is 0 Å². The minimum atomic E-state index is -0.291. The van der Waals surface area contributed by atoms with E-state index in [0.717, 1.165) is 11.1 Å². The van der Waals surface area contributed by atoms with Gasteiger partial charge in [0.05, 0.1) is 24.9 Å². The van der Waals surface area contributed by atoms with Crippen LogP contribution < -0.4 is 14.8 Å². The van der Waals surface area contributed by atoms with Crippen LogP contribution in [0.2, 0.25) is 0 Å². The summed E-state index contributed by atoms with van der Waals surface area (Å²) in [6, 6.07) is 12.5. The number of amides is 1. The van der Waals surface area contributed by atoms with E-state index in [-0.39, 0.29) is 18.6 Å². The molecule has 0 aliphatic carbocycles. The lowest BCUT2D eigenvalue weighted by molar-refractivity contribution is 0.0786. The van der Waals surface area contributed by atoms with Crippen molar-refractivity contribution in [1.82, 2.24) is 35.1 Å². The Morgan fingerprint density at radius 2 is 1.98 bits per heavy atom. The maximum absolute atomic E-state index is 12.8. The molecule has 0 unspecified atom stereocenters. The first-order valence-corrected chi connectivity index (χ1v) is 12.5. The Bertz CT molecular complexity index is 1470. The van der Waals surface area contributed by atoms with Crippen LogP contribution in [-0.2, 0) is 6.54 Å². The minimum absolute atomic E-state index is 0.0121. The van der Waals surface area contributed by atoms with E-state index in [1.165, 1.54) is 13.4 Å². The molecule has 0 saturated heterocycles. The second kappa shape index (κ2) is 13.1. The summed E-state index contributed by atoms with van der Waals surface area (Å²) in [4.78, 5) is 23.2. The van der Waals surface area contributed by atoms with Crippen LogP contribution in [0.25, 0.3) is 11.1 Å². The molecular weight excluding hydrogens is 514 g/mol. The van der Waals surface area contributed by atoms with Gasteiger partial charge in [-0.3, -0.25) is 4.79 Å². The second-order valence-corrected chi connectivity index (χ2v) is 8.92. The summed E-state index contributed by atoms with van der Waals surface area (Å²) in [6.07, 6.45) is 5.00. The molecule has 2 heterocycles. The monoisotopic (exact) mass is 543 g/mol. The second-order valence-electron chi connectivity index (χ2n) is 8.92. The summed E-state index contributed by atoms with van der Waals surface area (Å²) in [6.45, 7) is 2.73. The van der Waals surface area contributed by atoms with Gasteiger partial charge in [-0.1, -0.05) is 6.07 Å². The molecule has 2 N–H and O–H groups in total. The van der Waals surface area contributed by atoms with Gasteiger partial charge in [0.1, 0.15) is 30.0 Å². The van der Waals surface area contributed by atoms with Gasteiger partial charge in [-0.25, -0.2) is 14.6 Å². The molecule has 4 rings (SSSR count). The zero-order valence-corrected chi connectivity index (χ0v) is 22.4. The molecule has 13 heteroatoms. The number of carbonyl (C=O) groups excluding carboxylic acids is 1. The highest BCUT2D eigenvalue weighted by Crippen LogP contribution is 2.30. The number of carbonyl (C=O) groups is 1. The number of ether oxygens (including phenoxy) is 2. The Labute approximate surface area is 231 Å². The molecule has 0 saturated carbocycles. The molecular formula is C27H29N9O4. The third kappa shape index (κ3) is 6.86. The van der Waals surface area contributed by atoms with Crippen molar-refractivity contribution in [2.75, 3.05) is 32.6 Å². The average Bonchev–Trinajstić information content (AvgIpc) is 3.48. The lowest BCUT2D eigenvalue weighted by atomic mass is 10.1. The molecule has 0 bridgehead atoms. The van der Waals surface area contributed by atoms with E-state index in [1.807, 2.05) is 6.92 Å². The minimum Gasteiger partial charge on any atom is -0.495 e. The predicted octanol–water partition coefficient (Wildman–Crippen LogP) is 2.68. The van der Waals surface area contributed by atoms with Crippen LogP contribution >= 0.6 is 0 Å². The number of aliphatic hydroxyl groups excluding tert-OH is 1. The van der Waals surface area contributed by atoms with Crippen molar-refractivity contribution in [2.24, 2.45) is 0 Å². The average molecular weight is 544 g/mol. The highest BCUT2D eigenvalue weighted by atomic mass is 16.5. The highest BCUT2D eigenvalue weighted by Gasteiger charge is 2.16. The number of nitriles is 1. The van der Waals surface area contributed by atoms with Gasteiger partial charge >= 0.3 is 0 Å². The van der Waals surface area contributed by atoms with Crippen LogP contribution in [0, 0.1) is 11.3 Å². The Balaban J connectivity index is 1.50. The number of anilines is 2. The number of aromatic nitrogens is 6. The van der Waals surface area contributed by atoms with Crippen LogP contribution in [0.5, 0.6) is 11.5 Å². The molecule has 40 heavy (non-hydrogen) atoms. The van der Waals surface area contributed by atoms with E-state index in [0.29, 0.717) is 53.8 Å². The Kier molecular flexibility index (Phi) is 9.16. The predicted molar refractivity (Wildman–Crippen MR) is 145 cm³/mol. The van der Waals surface area contributed by atoms with E-state index >= 15 is 0 Å². The number of methoxy groups -OCH3 is 1. The Morgan fingerprint density at radius 1 is 1.18 bits per heavy atom. The first-order valence-electron chi connectivity index (χ1n) is 12.5. The van der Waals surface area contributed by atoms with E-state index < -0.39 is 0 Å². The number of rotatable bonds is 12. The van der Waals surface area contributed by atoms with Crippen LogP contribution in [0.1, 0.15) is 29.3 Å². The lowest BCUT2D eigenvalue weighted by Gasteiger charge is -2.18. The summed E-state index contributed by atoms with van der Waals surface area (Å²) in [5.41, 5.74) is 2.87. The first kappa shape index (κ1) is 27.9. The van der Waals surface area contributed by atoms with E-state index in [2.05, 4.69) is 36.9 Å². The molecule has 0 spiro atoms. The van der Waals surface area contributed by atoms with Crippen molar-refractivity contribution >= 4 is 17.5 Å². The van der Waals surface area contributed by atoms with Gasteiger partial charge in [0.2, 0.25) is 5.95 Å². The Morgan fingerprint density at radius 3 is 2.65 bits per heavy atom. The largest absolute Gasteiger partial charge is 0.495 e. The molecule has 206 valence electrons. The molecule has 13 nitrogen and oxygen atoms in total.